The fourth-order valence-electron chi connectivity index (χ4n) is 2.26. The first kappa shape index (κ1) is 21.8. The van der Waals surface area contributed by atoms with Crippen LogP contribution in [0.15, 0.2) is 54.6 Å². The van der Waals surface area contributed by atoms with Crippen molar-refractivity contribution in [2.75, 3.05) is 6.54 Å². The van der Waals surface area contributed by atoms with Crippen LogP contribution >= 0.6 is 34.8 Å². The Morgan fingerprint density at radius 3 is 2.68 bits per heavy atom. The van der Waals surface area contributed by atoms with Gasteiger partial charge in [0.15, 0.2) is 5.69 Å². The van der Waals surface area contributed by atoms with E-state index in [1.165, 1.54) is 29.3 Å². The molecule has 2 rings (SSSR count). The molecule has 2 aromatic rings. The minimum absolute atomic E-state index is 0.0620. The SMILES string of the molecule is CCN(C(=O)NC(=O)c1cc(Cl)ccc1Cl)/C(=C/[NH2+]c1cccnc1)C(=N)Cl. The van der Waals surface area contributed by atoms with Crippen molar-refractivity contribution in [1.29, 1.82) is 5.41 Å². The molecule has 0 bridgehead atoms. The van der Waals surface area contributed by atoms with Crippen LogP contribution in [0.3, 0.4) is 0 Å². The molecular weight excluding hydrogens is 425 g/mol. The first-order valence-corrected chi connectivity index (χ1v) is 9.24. The fraction of sp³-hybridized carbons (Fsp3) is 0.111. The largest absolute Gasteiger partial charge is 0.329 e. The number of allylic oxidation sites excluding steroid dienone is 1. The predicted molar refractivity (Wildman–Crippen MR) is 109 cm³/mol. The topological polar surface area (TPSA) is 103 Å². The zero-order chi connectivity index (χ0) is 20.7. The Kier molecular flexibility index (Phi) is 7.95. The third-order valence-corrected chi connectivity index (χ3v) is 4.35. The lowest BCUT2D eigenvalue weighted by Gasteiger charge is -2.21. The van der Waals surface area contributed by atoms with Gasteiger partial charge in [0.1, 0.15) is 17.1 Å². The van der Waals surface area contributed by atoms with Crippen molar-refractivity contribution < 1.29 is 14.9 Å². The number of urea groups is 1. The monoisotopic (exact) mass is 440 g/mol. The van der Waals surface area contributed by atoms with Crippen LogP contribution in [0.1, 0.15) is 17.3 Å². The maximum Gasteiger partial charge on any atom is 0.329 e. The summed E-state index contributed by atoms with van der Waals surface area (Å²) in [5.74, 6) is -0.715. The van der Waals surface area contributed by atoms with Gasteiger partial charge in [-0.3, -0.25) is 30.7 Å². The van der Waals surface area contributed by atoms with E-state index in [9.17, 15) is 9.59 Å². The highest BCUT2D eigenvalue weighted by Gasteiger charge is 2.23. The Morgan fingerprint density at radius 2 is 2.07 bits per heavy atom. The van der Waals surface area contributed by atoms with E-state index in [4.69, 9.17) is 40.2 Å². The minimum Gasteiger partial charge on any atom is -0.287 e. The highest BCUT2D eigenvalue weighted by Crippen LogP contribution is 2.20. The summed E-state index contributed by atoms with van der Waals surface area (Å²) in [5.41, 5.74) is 0.943. The van der Waals surface area contributed by atoms with Gasteiger partial charge >= 0.3 is 6.03 Å². The van der Waals surface area contributed by atoms with E-state index in [1.54, 1.807) is 36.8 Å². The minimum atomic E-state index is -0.750. The molecular formula is C18H17Cl3N5O2+. The molecule has 0 aliphatic carbocycles. The van der Waals surface area contributed by atoms with E-state index in [1.807, 2.05) is 0 Å². The highest BCUT2D eigenvalue weighted by molar-refractivity contribution is 6.68. The number of imide groups is 1. The van der Waals surface area contributed by atoms with Crippen molar-refractivity contribution >= 4 is 57.6 Å². The Labute approximate surface area is 176 Å². The number of carbonyl (C=O) groups excluding carboxylic acids is 2. The second kappa shape index (κ2) is 10.2. The molecule has 0 unspecified atom stereocenters. The lowest BCUT2D eigenvalue weighted by atomic mass is 10.2. The quantitative estimate of drug-likeness (QED) is 0.598. The molecule has 0 aliphatic rings. The third-order valence-electron chi connectivity index (χ3n) is 3.59. The van der Waals surface area contributed by atoms with Crippen molar-refractivity contribution in [3.05, 3.63) is 70.2 Å². The van der Waals surface area contributed by atoms with Gasteiger partial charge in [-0.25, -0.2) is 4.79 Å². The predicted octanol–water partition coefficient (Wildman–Crippen LogP) is 3.51. The van der Waals surface area contributed by atoms with Gasteiger partial charge in [-0.1, -0.05) is 34.8 Å². The van der Waals surface area contributed by atoms with Gasteiger partial charge < -0.3 is 0 Å². The van der Waals surface area contributed by atoms with E-state index >= 15 is 0 Å². The van der Waals surface area contributed by atoms with Crippen molar-refractivity contribution in [1.82, 2.24) is 15.2 Å². The number of amides is 3. The molecule has 0 fully saturated rings. The Balaban J connectivity index is 2.20. The van der Waals surface area contributed by atoms with Crippen molar-refractivity contribution in [3.8, 4) is 0 Å². The summed E-state index contributed by atoms with van der Waals surface area (Å²) >= 11 is 17.7. The third kappa shape index (κ3) is 5.77. The number of pyridine rings is 1. The molecule has 10 heteroatoms. The number of nitrogens with one attached hydrogen (secondary N) is 2. The molecule has 0 aliphatic heterocycles. The number of rotatable bonds is 6. The second-order valence-corrected chi connectivity index (χ2v) is 6.67. The summed E-state index contributed by atoms with van der Waals surface area (Å²) in [4.78, 5) is 30.2. The molecule has 1 aromatic carbocycles. The summed E-state index contributed by atoms with van der Waals surface area (Å²) in [6.45, 7) is 1.86. The zero-order valence-electron chi connectivity index (χ0n) is 14.7. The lowest BCUT2D eigenvalue weighted by molar-refractivity contribution is -0.497. The number of benzene rings is 1. The molecule has 0 spiro atoms. The molecule has 7 nitrogen and oxygen atoms in total. The zero-order valence-corrected chi connectivity index (χ0v) is 17.0. The molecule has 146 valence electrons. The van der Waals surface area contributed by atoms with Gasteiger partial charge in [-0.05, 0) is 31.2 Å². The van der Waals surface area contributed by atoms with Gasteiger partial charge in [0.2, 0.25) is 0 Å². The lowest BCUT2D eigenvalue weighted by Crippen LogP contribution is -2.72. The average molecular weight is 442 g/mol. The van der Waals surface area contributed by atoms with E-state index in [0.29, 0.717) is 5.02 Å². The summed E-state index contributed by atoms with van der Waals surface area (Å²) in [6.07, 6.45) is 4.75. The molecule has 0 saturated carbocycles. The number of nitrogens with two attached hydrogens (primary N) is 1. The normalized spacial score (nSPS) is 11.1. The van der Waals surface area contributed by atoms with E-state index < -0.39 is 11.9 Å². The van der Waals surface area contributed by atoms with E-state index in [0.717, 1.165) is 5.69 Å². The smallest absolute Gasteiger partial charge is 0.287 e. The number of nitrogens with zero attached hydrogens (tertiary/aromatic N) is 2. The standard InChI is InChI=1S/C18H16Cl3N5O2/c1-2-26(15(16(21)22)10-24-12-4-3-7-23-9-12)18(28)25-17(27)13-8-11(19)5-6-14(13)20/h3-10,22,24H,2H2,1H3,(H,25,27,28)/p+1/b15-10+,22-16?. The molecule has 0 saturated heterocycles. The van der Waals surface area contributed by atoms with Crippen LogP contribution in [-0.2, 0) is 0 Å². The van der Waals surface area contributed by atoms with Crippen LogP contribution in [-0.4, -0.2) is 33.5 Å². The molecule has 0 radical (unpaired) electrons. The highest BCUT2D eigenvalue weighted by atomic mass is 35.5. The number of hydrogen-bond donors (Lipinski definition) is 3. The van der Waals surface area contributed by atoms with Crippen LogP contribution in [0.2, 0.25) is 10.0 Å². The molecule has 0 atom stereocenters. The van der Waals surface area contributed by atoms with Crippen molar-refractivity contribution in [2.45, 2.75) is 6.92 Å². The fourth-order valence-corrected chi connectivity index (χ4v) is 2.80. The first-order valence-electron chi connectivity index (χ1n) is 8.10. The molecule has 1 heterocycles. The van der Waals surface area contributed by atoms with Crippen LogP contribution in [0.4, 0.5) is 10.5 Å². The van der Waals surface area contributed by atoms with Crippen LogP contribution < -0.4 is 10.6 Å². The maximum atomic E-state index is 12.6. The van der Waals surface area contributed by atoms with Gasteiger partial charge in [0.05, 0.1) is 16.8 Å². The van der Waals surface area contributed by atoms with Crippen LogP contribution in [0.25, 0.3) is 0 Å². The number of aromatic nitrogens is 1. The summed E-state index contributed by atoms with van der Waals surface area (Å²) in [7, 11) is 0. The van der Waals surface area contributed by atoms with Crippen molar-refractivity contribution in [3.63, 3.8) is 0 Å². The Morgan fingerprint density at radius 1 is 1.32 bits per heavy atom. The maximum absolute atomic E-state index is 12.6. The molecule has 28 heavy (non-hydrogen) atoms. The Hall–Kier alpha value is -2.45. The van der Waals surface area contributed by atoms with Crippen LogP contribution in [0, 0.1) is 5.41 Å². The van der Waals surface area contributed by atoms with E-state index in [2.05, 4.69) is 10.3 Å². The molecule has 1 aromatic heterocycles. The first-order chi connectivity index (χ1) is 13.3. The average Bonchev–Trinajstić information content (AvgIpc) is 2.67. The summed E-state index contributed by atoms with van der Waals surface area (Å²) < 4.78 is 0. The molecule has 3 amide bonds. The van der Waals surface area contributed by atoms with Gasteiger partial charge in [0, 0.05) is 23.8 Å². The number of hydrogen-bond acceptors (Lipinski definition) is 4. The van der Waals surface area contributed by atoms with Crippen molar-refractivity contribution in [2.24, 2.45) is 0 Å². The number of halogens is 3. The van der Waals surface area contributed by atoms with Gasteiger partial charge in [-0.2, -0.15) is 0 Å². The molecule has 4 N–H and O–H groups in total. The van der Waals surface area contributed by atoms with Gasteiger partial charge in [-0.15, -0.1) is 0 Å². The Bertz CT molecular complexity index is 919. The number of carbonyl (C=O) groups is 2. The van der Waals surface area contributed by atoms with Crippen LogP contribution in [0.5, 0.6) is 0 Å². The number of quaternary nitrogens is 1. The summed E-state index contributed by atoms with van der Waals surface area (Å²) in [5, 5.41) is 11.8. The second-order valence-electron chi connectivity index (χ2n) is 5.45. The summed E-state index contributed by atoms with van der Waals surface area (Å²) in [6, 6.07) is 7.16. The van der Waals surface area contributed by atoms with Gasteiger partial charge in [0.25, 0.3) is 5.91 Å². The van der Waals surface area contributed by atoms with E-state index in [-0.39, 0.29) is 28.0 Å².